The number of H-pyrrole nitrogens is 1. The van der Waals surface area contributed by atoms with Crippen LogP contribution in [0.25, 0.3) is 11.4 Å². The van der Waals surface area contributed by atoms with Gasteiger partial charge in [0, 0.05) is 0 Å². The Bertz CT molecular complexity index is 685. The second-order valence-corrected chi connectivity index (χ2v) is 5.57. The van der Waals surface area contributed by atoms with E-state index < -0.39 is 5.82 Å². The van der Waals surface area contributed by atoms with Gasteiger partial charge in [-0.3, -0.25) is 4.79 Å². The quantitative estimate of drug-likeness (QED) is 0.890. The highest BCUT2D eigenvalue weighted by atomic mass is 79.9. The van der Waals surface area contributed by atoms with Crippen LogP contribution >= 0.6 is 27.5 Å². The summed E-state index contributed by atoms with van der Waals surface area (Å²) in [4.78, 5) is 18.7. The smallest absolute Gasteiger partial charge is 0.265 e. The fourth-order valence-corrected chi connectivity index (χ4v) is 2.49. The number of nitrogens with zero attached hydrogens (tertiary/aromatic N) is 1. The van der Waals surface area contributed by atoms with E-state index in [1.54, 1.807) is 6.07 Å². The molecule has 0 fully saturated rings. The third-order valence-corrected chi connectivity index (χ3v) is 3.70. The van der Waals surface area contributed by atoms with Crippen LogP contribution in [0.1, 0.15) is 25.5 Å². The van der Waals surface area contributed by atoms with E-state index in [0.29, 0.717) is 10.2 Å². The van der Waals surface area contributed by atoms with E-state index in [0.717, 1.165) is 0 Å². The summed E-state index contributed by atoms with van der Waals surface area (Å²) in [5, 5.41) is -0.00540. The maximum Gasteiger partial charge on any atom is 0.265 e. The van der Waals surface area contributed by atoms with Gasteiger partial charge < -0.3 is 4.98 Å². The van der Waals surface area contributed by atoms with Crippen molar-refractivity contribution in [2.24, 2.45) is 0 Å². The normalized spacial score (nSPS) is 11.1. The molecule has 0 spiro atoms. The van der Waals surface area contributed by atoms with Gasteiger partial charge in [-0.1, -0.05) is 31.5 Å². The molecule has 2 aromatic rings. The molecule has 19 heavy (non-hydrogen) atoms. The van der Waals surface area contributed by atoms with Crippen LogP contribution in [-0.4, -0.2) is 9.97 Å². The lowest BCUT2D eigenvalue weighted by Gasteiger charge is -2.10. The summed E-state index contributed by atoms with van der Waals surface area (Å²) in [7, 11) is 0. The lowest BCUT2D eigenvalue weighted by atomic mass is 10.1. The summed E-state index contributed by atoms with van der Waals surface area (Å²) < 4.78 is 14.3. The molecule has 0 bridgehead atoms. The molecule has 0 aliphatic carbocycles. The second-order valence-electron chi connectivity index (χ2n) is 4.37. The van der Waals surface area contributed by atoms with Gasteiger partial charge in [0.15, 0.2) is 5.82 Å². The Balaban J connectivity index is 2.70. The predicted molar refractivity (Wildman–Crippen MR) is 77.1 cm³/mol. The van der Waals surface area contributed by atoms with Crippen molar-refractivity contribution in [1.29, 1.82) is 0 Å². The van der Waals surface area contributed by atoms with Gasteiger partial charge in [0.05, 0.1) is 16.3 Å². The first-order valence-electron chi connectivity index (χ1n) is 5.66. The number of benzene rings is 1. The molecule has 3 nitrogen and oxygen atoms in total. The Kier molecular flexibility index (Phi) is 4.06. The molecule has 0 saturated carbocycles. The van der Waals surface area contributed by atoms with Crippen LogP contribution in [0.15, 0.2) is 27.5 Å². The largest absolute Gasteiger partial charge is 0.305 e. The highest BCUT2D eigenvalue weighted by molar-refractivity contribution is 9.10. The summed E-state index contributed by atoms with van der Waals surface area (Å²) >= 11 is 8.93. The van der Waals surface area contributed by atoms with Crippen LogP contribution in [-0.2, 0) is 0 Å². The third kappa shape index (κ3) is 2.72. The summed E-state index contributed by atoms with van der Waals surface area (Å²) in [5.74, 6) is -0.376. The molecular formula is C13H11BrClFN2O. The number of halogens is 3. The molecule has 1 aromatic heterocycles. The minimum atomic E-state index is -0.593. The fourth-order valence-electron chi connectivity index (χ4n) is 1.67. The van der Waals surface area contributed by atoms with Crippen LogP contribution in [0.4, 0.5) is 4.39 Å². The molecular weight excluding hydrogens is 335 g/mol. The van der Waals surface area contributed by atoms with E-state index in [4.69, 9.17) is 11.6 Å². The van der Waals surface area contributed by atoms with Gasteiger partial charge in [0.1, 0.15) is 10.3 Å². The Morgan fingerprint density at radius 1 is 1.42 bits per heavy atom. The van der Waals surface area contributed by atoms with Gasteiger partial charge in [-0.15, -0.1) is 0 Å². The lowest BCUT2D eigenvalue weighted by molar-refractivity contribution is 0.629. The van der Waals surface area contributed by atoms with Crippen molar-refractivity contribution in [3.8, 4) is 11.4 Å². The summed E-state index contributed by atoms with van der Waals surface area (Å²) in [5.41, 5.74) is 0.421. The standard InChI is InChI=1S/C13H11BrClFN2O/c1-6(2)11-9(14)13(19)18-12(17-11)7-4-3-5-8(15)10(7)16/h3-6H,1-2H3,(H,17,18,19). The monoisotopic (exact) mass is 344 g/mol. The molecule has 0 atom stereocenters. The zero-order valence-corrected chi connectivity index (χ0v) is 12.6. The first-order chi connectivity index (χ1) is 8.91. The van der Waals surface area contributed by atoms with Crippen LogP contribution < -0.4 is 5.56 Å². The summed E-state index contributed by atoms with van der Waals surface area (Å²) in [6, 6.07) is 4.58. The number of aromatic nitrogens is 2. The summed E-state index contributed by atoms with van der Waals surface area (Å²) in [6.45, 7) is 3.81. The van der Waals surface area contributed by atoms with Gasteiger partial charge in [0.2, 0.25) is 0 Å². The SMILES string of the molecule is CC(C)c1nc(-c2cccc(Cl)c2F)[nH]c(=O)c1Br. The van der Waals surface area contributed by atoms with E-state index >= 15 is 0 Å². The highest BCUT2D eigenvalue weighted by Gasteiger charge is 2.16. The number of hydrogen-bond acceptors (Lipinski definition) is 2. The van der Waals surface area contributed by atoms with E-state index in [2.05, 4.69) is 25.9 Å². The zero-order chi connectivity index (χ0) is 14.2. The minimum absolute atomic E-state index is 0.00540. The number of nitrogens with one attached hydrogen (secondary N) is 1. The lowest BCUT2D eigenvalue weighted by Crippen LogP contribution is -2.14. The number of aromatic amines is 1. The first kappa shape index (κ1) is 14.2. The van der Waals surface area contributed by atoms with Crippen LogP contribution in [0, 0.1) is 5.82 Å². The molecule has 1 N–H and O–H groups in total. The molecule has 1 aromatic carbocycles. The Morgan fingerprint density at radius 2 is 2.11 bits per heavy atom. The predicted octanol–water partition coefficient (Wildman–Crippen LogP) is 4.12. The molecule has 0 saturated heterocycles. The zero-order valence-electron chi connectivity index (χ0n) is 10.3. The maximum absolute atomic E-state index is 13.9. The molecule has 100 valence electrons. The van der Waals surface area contributed by atoms with E-state index in [1.165, 1.54) is 12.1 Å². The third-order valence-electron chi connectivity index (χ3n) is 2.64. The highest BCUT2D eigenvalue weighted by Crippen LogP contribution is 2.27. The van der Waals surface area contributed by atoms with Crippen molar-refractivity contribution in [2.75, 3.05) is 0 Å². The van der Waals surface area contributed by atoms with Crippen molar-refractivity contribution in [2.45, 2.75) is 19.8 Å². The van der Waals surface area contributed by atoms with Gasteiger partial charge >= 0.3 is 0 Å². The Labute approximate surface area is 123 Å². The van der Waals surface area contributed by atoms with Gasteiger partial charge in [0.25, 0.3) is 5.56 Å². The first-order valence-corrected chi connectivity index (χ1v) is 6.83. The van der Waals surface area contributed by atoms with Gasteiger partial charge in [-0.2, -0.15) is 0 Å². The summed E-state index contributed by atoms with van der Waals surface area (Å²) in [6.07, 6.45) is 0. The molecule has 0 unspecified atom stereocenters. The maximum atomic E-state index is 13.9. The number of rotatable bonds is 2. The van der Waals surface area contributed by atoms with Gasteiger partial charge in [-0.05, 0) is 34.0 Å². The van der Waals surface area contributed by atoms with Crippen molar-refractivity contribution in [3.05, 3.63) is 49.6 Å². The molecule has 0 aliphatic rings. The van der Waals surface area contributed by atoms with E-state index in [9.17, 15) is 9.18 Å². The average molecular weight is 346 g/mol. The average Bonchev–Trinajstić information content (AvgIpc) is 2.35. The van der Waals surface area contributed by atoms with Crippen molar-refractivity contribution in [1.82, 2.24) is 9.97 Å². The van der Waals surface area contributed by atoms with Crippen LogP contribution in [0.2, 0.25) is 5.02 Å². The van der Waals surface area contributed by atoms with Crippen molar-refractivity contribution in [3.63, 3.8) is 0 Å². The van der Waals surface area contributed by atoms with E-state index in [1.807, 2.05) is 13.8 Å². The molecule has 0 aliphatic heterocycles. The molecule has 0 radical (unpaired) electrons. The van der Waals surface area contributed by atoms with Gasteiger partial charge in [-0.25, -0.2) is 9.37 Å². The molecule has 6 heteroatoms. The van der Waals surface area contributed by atoms with E-state index in [-0.39, 0.29) is 27.9 Å². The minimum Gasteiger partial charge on any atom is -0.305 e. The van der Waals surface area contributed by atoms with Crippen molar-refractivity contribution >= 4 is 27.5 Å². The van der Waals surface area contributed by atoms with Crippen LogP contribution in [0.5, 0.6) is 0 Å². The Morgan fingerprint density at radius 3 is 2.74 bits per heavy atom. The molecule has 1 heterocycles. The molecule has 0 amide bonds. The topological polar surface area (TPSA) is 45.8 Å². The fraction of sp³-hybridized carbons (Fsp3) is 0.231. The Hall–Kier alpha value is -1.20. The second kappa shape index (κ2) is 5.43. The van der Waals surface area contributed by atoms with Crippen LogP contribution in [0.3, 0.4) is 0 Å². The molecule has 2 rings (SSSR count). The number of hydrogen-bond donors (Lipinski definition) is 1. The van der Waals surface area contributed by atoms with Crippen molar-refractivity contribution < 1.29 is 4.39 Å².